The summed E-state index contributed by atoms with van der Waals surface area (Å²) >= 11 is 0. The summed E-state index contributed by atoms with van der Waals surface area (Å²) in [6.45, 7) is 11.8. The largest absolute Gasteiger partial charge is 0.354 e. The van der Waals surface area contributed by atoms with E-state index in [1.807, 2.05) is 0 Å². The van der Waals surface area contributed by atoms with Crippen LogP contribution in [0.4, 0.5) is 11.9 Å². The summed E-state index contributed by atoms with van der Waals surface area (Å²) in [7, 11) is 0. The monoisotopic (exact) mass is 264 g/mol. The number of aromatic nitrogens is 3. The highest BCUT2D eigenvalue weighted by molar-refractivity contribution is 5.40. The topological polar surface area (TPSA) is 58.0 Å². The number of nitrogens with zero attached hydrogens (tertiary/aromatic N) is 4. The third kappa shape index (κ3) is 2.41. The van der Waals surface area contributed by atoms with Crippen molar-refractivity contribution in [2.75, 3.05) is 42.9 Å². The summed E-state index contributed by atoms with van der Waals surface area (Å²) in [6, 6.07) is 0.424. The number of hydrogen-bond donors (Lipinski definition) is 2. The average Bonchev–Trinajstić information content (AvgIpc) is 2.82. The molecule has 3 heterocycles. The molecule has 1 aromatic heterocycles. The van der Waals surface area contributed by atoms with Crippen molar-refractivity contribution in [2.24, 2.45) is 5.41 Å². The van der Waals surface area contributed by atoms with Gasteiger partial charge >= 0.3 is 0 Å². The fourth-order valence-electron chi connectivity index (χ4n) is 2.89. The molecule has 2 N–H and O–H groups in total. The summed E-state index contributed by atoms with van der Waals surface area (Å²) < 4.78 is 2.10. The van der Waals surface area contributed by atoms with Crippen molar-refractivity contribution in [2.45, 2.75) is 33.2 Å². The highest BCUT2D eigenvalue weighted by Crippen LogP contribution is 2.37. The maximum absolute atomic E-state index is 4.76. The third-order valence-electron chi connectivity index (χ3n) is 4.02. The van der Waals surface area contributed by atoms with E-state index in [0.717, 1.165) is 51.0 Å². The van der Waals surface area contributed by atoms with Crippen molar-refractivity contribution in [3.05, 3.63) is 0 Å². The Hall–Kier alpha value is -1.30. The molecule has 3 rings (SSSR count). The molecular formula is C13H24N6. The molecule has 1 atom stereocenters. The Labute approximate surface area is 114 Å². The Kier molecular flexibility index (Phi) is 3.12. The summed E-state index contributed by atoms with van der Waals surface area (Å²) in [6.07, 6.45) is 1.11. The molecule has 0 saturated carbocycles. The number of hydrogen-bond acceptors (Lipinski definition) is 5. The number of piperazine rings is 1. The maximum Gasteiger partial charge on any atom is 0.246 e. The van der Waals surface area contributed by atoms with Crippen molar-refractivity contribution in [1.29, 1.82) is 0 Å². The molecule has 0 amide bonds. The Balaban J connectivity index is 1.88. The first kappa shape index (κ1) is 12.7. The van der Waals surface area contributed by atoms with Crippen LogP contribution in [0.1, 0.15) is 33.2 Å². The van der Waals surface area contributed by atoms with Gasteiger partial charge < -0.3 is 15.5 Å². The van der Waals surface area contributed by atoms with Crippen LogP contribution in [0.2, 0.25) is 0 Å². The molecule has 2 aliphatic heterocycles. The van der Waals surface area contributed by atoms with Gasteiger partial charge in [0.25, 0.3) is 0 Å². The van der Waals surface area contributed by atoms with Crippen molar-refractivity contribution in [3.63, 3.8) is 0 Å². The van der Waals surface area contributed by atoms with Gasteiger partial charge in [0.05, 0.1) is 6.04 Å². The van der Waals surface area contributed by atoms with E-state index in [1.54, 1.807) is 0 Å². The van der Waals surface area contributed by atoms with Crippen LogP contribution in [0, 0.1) is 5.41 Å². The number of fused-ring (bicyclic) bond motifs is 1. The van der Waals surface area contributed by atoms with Gasteiger partial charge in [-0.05, 0) is 11.8 Å². The van der Waals surface area contributed by atoms with E-state index in [9.17, 15) is 0 Å². The van der Waals surface area contributed by atoms with Crippen LogP contribution in [-0.2, 0) is 0 Å². The molecule has 6 nitrogen and oxygen atoms in total. The second kappa shape index (κ2) is 4.67. The predicted octanol–water partition coefficient (Wildman–Crippen LogP) is 1.09. The maximum atomic E-state index is 4.76. The van der Waals surface area contributed by atoms with Crippen LogP contribution in [-0.4, -0.2) is 47.5 Å². The Morgan fingerprint density at radius 2 is 1.89 bits per heavy atom. The SMILES string of the molecule is CC(C)(C)C1CCNc2nc(N3CCNCC3)nn21. The van der Waals surface area contributed by atoms with Gasteiger partial charge in [0, 0.05) is 32.7 Å². The molecule has 1 unspecified atom stereocenters. The standard InChI is InChI=1S/C13H24N6/c1-13(2,3)10-4-5-15-11-16-12(17-19(10)11)18-8-6-14-7-9-18/h10,14H,4-9H2,1-3H3,(H,15,16,17). The molecule has 1 saturated heterocycles. The zero-order chi connectivity index (χ0) is 13.5. The highest BCUT2D eigenvalue weighted by Gasteiger charge is 2.33. The quantitative estimate of drug-likeness (QED) is 0.795. The Morgan fingerprint density at radius 3 is 2.58 bits per heavy atom. The average molecular weight is 264 g/mol. The van der Waals surface area contributed by atoms with Crippen LogP contribution >= 0.6 is 0 Å². The zero-order valence-electron chi connectivity index (χ0n) is 12.1. The van der Waals surface area contributed by atoms with E-state index in [0.29, 0.717) is 6.04 Å². The molecule has 106 valence electrons. The summed E-state index contributed by atoms with van der Waals surface area (Å²) in [5.74, 6) is 1.81. The normalized spacial score (nSPS) is 23.9. The molecule has 2 aliphatic rings. The van der Waals surface area contributed by atoms with Gasteiger partial charge in [-0.1, -0.05) is 20.8 Å². The van der Waals surface area contributed by atoms with Crippen molar-refractivity contribution in [1.82, 2.24) is 20.1 Å². The van der Waals surface area contributed by atoms with Crippen LogP contribution in [0.15, 0.2) is 0 Å². The molecule has 1 fully saturated rings. The van der Waals surface area contributed by atoms with Gasteiger partial charge in [-0.3, -0.25) is 0 Å². The van der Waals surface area contributed by atoms with Gasteiger partial charge in [-0.2, -0.15) is 4.98 Å². The van der Waals surface area contributed by atoms with Gasteiger partial charge in [-0.15, -0.1) is 5.10 Å². The molecule has 0 radical (unpaired) electrons. The summed E-state index contributed by atoms with van der Waals surface area (Å²) in [5.41, 5.74) is 0.214. The Bertz CT molecular complexity index is 440. The van der Waals surface area contributed by atoms with E-state index in [2.05, 4.69) is 46.0 Å². The van der Waals surface area contributed by atoms with Gasteiger partial charge in [0.1, 0.15) is 0 Å². The van der Waals surface area contributed by atoms with Gasteiger partial charge in [0.15, 0.2) is 0 Å². The molecule has 0 bridgehead atoms. The first-order valence-corrected chi connectivity index (χ1v) is 7.22. The number of nitrogens with one attached hydrogen (secondary N) is 2. The fraction of sp³-hybridized carbons (Fsp3) is 0.846. The zero-order valence-corrected chi connectivity index (χ0v) is 12.1. The van der Waals surface area contributed by atoms with Crippen LogP contribution in [0.5, 0.6) is 0 Å². The van der Waals surface area contributed by atoms with Crippen molar-refractivity contribution >= 4 is 11.9 Å². The number of rotatable bonds is 1. The predicted molar refractivity (Wildman–Crippen MR) is 76.7 cm³/mol. The van der Waals surface area contributed by atoms with Crippen molar-refractivity contribution < 1.29 is 0 Å². The van der Waals surface area contributed by atoms with E-state index in [-0.39, 0.29) is 5.41 Å². The Morgan fingerprint density at radius 1 is 1.16 bits per heavy atom. The van der Waals surface area contributed by atoms with Crippen LogP contribution in [0.25, 0.3) is 0 Å². The minimum absolute atomic E-state index is 0.214. The highest BCUT2D eigenvalue weighted by atomic mass is 15.5. The van der Waals surface area contributed by atoms with Crippen LogP contribution < -0.4 is 15.5 Å². The van der Waals surface area contributed by atoms with E-state index in [1.165, 1.54) is 0 Å². The molecular weight excluding hydrogens is 240 g/mol. The minimum Gasteiger partial charge on any atom is -0.354 e. The lowest BCUT2D eigenvalue weighted by atomic mass is 9.84. The molecule has 6 heteroatoms. The first-order valence-electron chi connectivity index (χ1n) is 7.22. The second-order valence-electron chi connectivity index (χ2n) is 6.51. The lowest BCUT2D eigenvalue weighted by Crippen LogP contribution is -2.44. The smallest absolute Gasteiger partial charge is 0.246 e. The fourth-order valence-corrected chi connectivity index (χ4v) is 2.89. The molecule has 0 aromatic carbocycles. The van der Waals surface area contributed by atoms with E-state index >= 15 is 0 Å². The van der Waals surface area contributed by atoms with Gasteiger partial charge in [-0.25, -0.2) is 4.68 Å². The van der Waals surface area contributed by atoms with Crippen molar-refractivity contribution in [3.8, 4) is 0 Å². The van der Waals surface area contributed by atoms with E-state index in [4.69, 9.17) is 5.10 Å². The third-order valence-corrected chi connectivity index (χ3v) is 4.02. The molecule has 19 heavy (non-hydrogen) atoms. The molecule has 0 spiro atoms. The summed E-state index contributed by atoms with van der Waals surface area (Å²) in [5, 5.41) is 11.5. The summed E-state index contributed by atoms with van der Waals surface area (Å²) in [4.78, 5) is 6.94. The lowest BCUT2D eigenvalue weighted by molar-refractivity contribution is 0.210. The second-order valence-corrected chi connectivity index (χ2v) is 6.51. The van der Waals surface area contributed by atoms with Gasteiger partial charge in [0.2, 0.25) is 11.9 Å². The molecule has 0 aliphatic carbocycles. The lowest BCUT2D eigenvalue weighted by Gasteiger charge is -2.34. The minimum atomic E-state index is 0.214. The first-order chi connectivity index (χ1) is 9.05. The van der Waals surface area contributed by atoms with Crippen LogP contribution in [0.3, 0.4) is 0 Å². The number of anilines is 2. The molecule has 1 aromatic rings. The van der Waals surface area contributed by atoms with E-state index < -0.39 is 0 Å².